The highest BCUT2D eigenvalue weighted by Gasteiger charge is 2.21. The van der Waals surface area contributed by atoms with Crippen molar-refractivity contribution >= 4 is 22.7 Å². The first kappa shape index (κ1) is 11.2. The summed E-state index contributed by atoms with van der Waals surface area (Å²) in [5, 5.41) is 6.58. The van der Waals surface area contributed by atoms with Crippen molar-refractivity contribution in [1.82, 2.24) is 5.01 Å². The average Bonchev–Trinajstić information content (AvgIpc) is 2.80. The van der Waals surface area contributed by atoms with Gasteiger partial charge in [0.05, 0.1) is 5.88 Å². The summed E-state index contributed by atoms with van der Waals surface area (Å²) in [4.78, 5) is 11.5. The molecule has 1 heterocycles. The van der Waals surface area contributed by atoms with Crippen LogP contribution >= 0.6 is 11.8 Å². The van der Waals surface area contributed by atoms with E-state index in [1.54, 1.807) is 11.8 Å². The standard InChI is InChI=1S/C11H12N2O2S/c1-15-7-10(14)13-8-16-11(12-13)9-5-3-2-4-6-9/h2-6H,7-8H2,1H3. The van der Waals surface area contributed by atoms with Crippen molar-refractivity contribution in [1.29, 1.82) is 0 Å². The number of hydrogen-bond acceptors (Lipinski definition) is 4. The van der Waals surface area contributed by atoms with E-state index < -0.39 is 0 Å². The third-order valence-corrected chi connectivity index (χ3v) is 3.08. The van der Waals surface area contributed by atoms with Crippen molar-refractivity contribution in [3.05, 3.63) is 35.9 Å². The van der Waals surface area contributed by atoms with Crippen LogP contribution in [0.5, 0.6) is 0 Å². The molecule has 1 amide bonds. The summed E-state index contributed by atoms with van der Waals surface area (Å²) in [6.07, 6.45) is 0. The van der Waals surface area contributed by atoms with Crippen LogP contribution in [0.25, 0.3) is 0 Å². The number of benzene rings is 1. The summed E-state index contributed by atoms with van der Waals surface area (Å²) in [6, 6.07) is 9.83. The first-order chi connectivity index (χ1) is 7.81. The van der Waals surface area contributed by atoms with Crippen LogP contribution in [0.3, 0.4) is 0 Å². The van der Waals surface area contributed by atoms with Crippen LogP contribution in [0.4, 0.5) is 0 Å². The highest BCUT2D eigenvalue weighted by Crippen LogP contribution is 2.22. The molecule has 1 aliphatic rings. The zero-order chi connectivity index (χ0) is 11.4. The Bertz CT molecular complexity index is 406. The van der Waals surface area contributed by atoms with Gasteiger partial charge in [0.25, 0.3) is 5.91 Å². The fraction of sp³-hybridized carbons (Fsp3) is 0.273. The minimum absolute atomic E-state index is 0.0755. The second kappa shape index (κ2) is 5.14. The molecule has 2 rings (SSSR count). The number of ether oxygens (including phenoxy) is 1. The third-order valence-electron chi connectivity index (χ3n) is 2.11. The molecule has 5 heteroatoms. The van der Waals surface area contributed by atoms with Gasteiger partial charge in [0.1, 0.15) is 11.7 Å². The molecule has 0 atom stereocenters. The second-order valence-corrected chi connectivity index (χ2v) is 4.20. The van der Waals surface area contributed by atoms with E-state index in [1.807, 2.05) is 30.3 Å². The Morgan fingerprint density at radius 1 is 1.50 bits per heavy atom. The Hall–Kier alpha value is -1.33. The molecule has 1 aromatic rings. The van der Waals surface area contributed by atoms with Crippen LogP contribution in [0.1, 0.15) is 5.56 Å². The van der Waals surface area contributed by atoms with Gasteiger partial charge < -0.3 is 4.74 Å². The molecular weight excluding hydrogens is 224 g/mol. The number of rotatable bonds is 3. The van der Waals surface area contributed by atoms with E-state index in [4.69, 9.17) is 4.74 Å². The van der Waals surface area contributed by atoms with Gasteiger partial charge in [-0.1, -0.05) is 42.1 Å². The molecule has 0 saturated carbocycles. The van der Waals surface area contributed by atoms with Crippen molar-refractivity contribution < 1.29 is 9.53 Å². The number of methoxy groups -OCH3 is 1. The zero-order valence-electron chi connectivity index (χ0n) is 8.92. The molecular formula is C11H12N2O2S. The summed E-state index contributed by atoms with van der Waals surface area (Å²) in [6.45, 7) is 0.0755. The average molecular weight is 236 g/mol. The molecule has 0 aliphatic carbocycles. The van der Waals surface area contributed by atoms with Gasteiger partial charge in [-0.25, -0.2) is 5.01 Å². The number of amides is 1. The Morgan fingerprint density at radius 3 is 2.94 bits per heavy atom. The number of nitrogens with zero attached hydrogens (tertiary/aromatic N) is 2. The maximum atomic E-state index is 11.5. The molecule has 0 aromatic heterocycles. The smallest absolute Gasteiger partial charge is 0.269 e. The third kappa shape index (κ3) is 2.43. The van der Waals surface area contributed by atoms with Gasteiger partial charge in [0.15, 0.2) is 0 Å². The van der Waals surface area contributed by atoms with E-state index in [0.29, 0.717) is 5.88 Å². The van der Waals surface area contributed by atoms with Gasteiger partial charge in [0, 0.05) is 12.7 Å². The highest BCUT2D eigenvalue weighted by molar-refractivity contribution is 8.14. The number of carbonyl (C=O) groups is 1. The van der Waals surface area contributed by atoms with E-state index in [9.17, 15) is 4.79 Å². The predicted octanol–water partition coefficient (Wildman–Crippen LogP) is 1.53. The lowest BCUT2D eigenvalue weighted by Gasteiger charge is -2.08. The summed E-state index contributed by atoms with van der Waals surface area (Å²) >= 11 is 1.56. The Balaban J connectivity index is 2.09. The van der Waals surface area contributed by atoms with Crippen molar-refractivity contribution in [2.75, 3.05) is 19.6 Å². The van der Waals surface area contributed by atoms with E-state index in [-0.39, 0.29) is 12.5 Å². The molecule has 0 saturated heterocycles. The number of thioether (sulfide) groups is 1. The lowest BCUT2D eigenvalue weighted by molar-refractivity contribution is -0.134. The molecule has 0 unspecified atom stereocenters. The summed E-state index contributed by atoms with van der Waals surface area (Å²) < 4.78 is 4.79. The monoisotopic (exact) mass is 236 g/mol. The van der Waals surface area contributed by atoms with Gasteiger partial charge in [0.2, 0.25) is 0 Å². The first-order valence-corrected chi connectivity index (χ1v) is 5.86. The second-order valence-electron chi connectivity index (χ2n) is 3.27. The molecule has 4 nitrogen and oxygen atoms in total. The molecule has 0 fully saturated rings. The van der Waals surface area contributed by atoms with Crippen LogP contribution < -0.4 is 0 Å². The first-order valence-electron chi connectivity index (χ1n) is 4.87. The molecule has 1 aromatic carbocycles. The normalized spacial score (nSPS) is 15.1. The van der Waals surface area contributed by atoms with Crippen molar-refractivity contribution in [3.63, 3.8) is 0 Å². The van der Waals surface area contributed by atoms with Crippen LogP contribution in [0.2, 0.25) is 0 Å². The van der Waals surface area contributed by atoms with Gasteiger partial charge in [-0.3, -0.25) is 4.79 Å². The Labute approximate surface area is 98.3 Å². The lowest BCUT2D eigenvalue weighted by atomic mass is 10.2. The molecule has 0 radical (unpaired) electrons. The van der Waals surface area contributed by atoms with Gasteiger partial charge in [-0.05, 0) is 0 Å². The van der Waals surface area contributed by atoms with Crippen LogP contribution in [-0.2, 0) is 9.53 Å². The SMILES string of the molecule is COCC(=O)N1CSC(c2ccccc2)=N1. The number of carbonyl (C=O) groups excluding carboxylic acids is 1. The minimum Gasteiger partial charge on any atom is -0.375 e. The van der Waals surface area contributed by atoms with E-state index in [0.717, 1.165) is 10.6 Å². The quantitative estimate of drug-likeness (QED) is 0.799. The topological polar surface area (TPSA) is 41.9 Å². The molecule has 0 N–H and O–H groups in total. The predicted molar refractivity (Wildman–Crippen MR) is 64.2 cm³/mol. The molecule has 16 heavy (non-hydrogen) atoms. The molecule has 1 aliphatic heterocycles. The zero-order valence-corrected chi connectivity index (χ0v) is 9.74. The Morgan fingerprint density at radius 2 is 2.25 bits per heavy atom. The highest BCUT2D eigenvalue weighted by atomic mass is 32.2. The fourth-order valence-corrected chi connectivity index (χ4v) is 2.24. The maximum absolute atomic E-state index is 11.5. The van der Waals surface area contributed by atoms with Crippen LogP contribution in [0.15, 0.2) is 35.4 Å². The van der Waals surface area contributed by atoms with E-state index >= 15 is 0 Å². The van der Waals surface area contributed by atoms with Crippen molar-refractivity contribution in [2.24, 2.45) is 5.10 Å². The van der Waals surface area contributed by atoms with Gasteiger partial charge in [-0.15, -0.1) is 0 Å². The molecule has 0 bridgehead atoms. The molecule has 0 spiro atoms. The van der Waals surface area contributed by atoms with Crippen LogP contribution in [-0.4, -0.2) is 35.6 Å². The Kier molecular flexibility index (Phi) is 3.58. The maximum Gasteiger partial charge on any atom is 0.269 e. The van der Waals surface area contributed by atoms with Gasteiger partial charge in [-0.2, -0.15) is 5.10 Å². The van der Waals surface area contributed by atoms with Crippen molar-refractivity contribution in [2.45, 2.75) is 0 Å². The summed E-state index contributed by atoms with van der Waals surface area (Å²) in [7, 11) is 1.50. The van der Waals surface area contributed by atoms with Crippen LogP contribution in [0, 0.1) is 0 Å². The minimum atomic E-state index is -0.110. The van der Waals surface area contributed by atoms with Gasteiger partial charge >= 0.3 is 0 Å². The largest absolute Gasteiger partial charge is 0.375 e. The van der Waals surface area contributed by atoms with Crippen molar-refractivity contribution in [3.8, 4) is 0 Å². The summed E-state index contributed by atoms with van der Waals surface area (Å²) in [5.74, 6) is 0.452. The molecule has 84 valence electrons. The summed E-state index contributed by atoms with van der Waals surface area (Å²) in [5.41, 5.74) is 1.04. The number of hydrazone groups is 1. The number of hydrogen-bond donors (Lipinski definition) is 0. The van der Waals surface area contributed by atoms with E-state index in [1.165, 1.54) is 12.1 Å². The lowest BCUT2D eigenvalue weighted by Crippen LogP contribution is -2.26. The fourth-order valence-electron chi connectivity index (χ4n) is 1.34. The van der Waals surface area contributed by atoms with E-state index in [2.05, 4.69) is 5.10 Å².